The molecule has 0 bridgehead atoms. The van der Waals surface area contributed by atoms with E-state index < -0.39 is 5.91 Å². The van der Waals surface area contributed by atoms with Crippen molar-refractivity contribution in [3.63, 3.8) is 0 Å². The summed E-state index contributed by atoms with van der Waals surface area (Å²) in [5, 5.41) is 6.91. The zero-order chi connectivity index (χ0) is 18.5. The summed E-state index contributed by atoms with van der Waals surface area (Å²) in [6, 6.07) is 13.0. The first-order valence-corrected chi connectivity index (χ1v) is 8.84. The lowest BCUT2D eigenvalue weighted by Crippen LogP contribution is -2.28. The first-order chi connectivity index (χ1) is 12.6. The smallest absolute Gasteiger partial charge is 0.257 e. The normalized spacial score (nSPS) is 10.8. The minimum atomic E-state index is -0.412. The fourth-order valence-electron chi connectivity index (χ4n) is 2.68. The standard InChI is InChI=1S/C20H20ClN3O2/c1-2-22-10-13-3-5-14(6-4-13)11-24-20(26)17-12-23-18-8-7-15(21)9-16(18)19(17)25/h3-9,12,22H,2,10-11H2,1H3,(H,23,25)(H,24,26). The van der Waals surface area contributed by atoms with E-state index >= 15 is 0 Å². The van der Waals surface area contributed by atoms with Crippen molar-refractivity contribution in [1.29, 1.82) is 0 Å². The van der Waals surface area contributed by atoms with E-state index in [4.69, 9.17) is 11.6 Å². The Morgan fingerprint density at radius 3 is 2.46 bits per heavy atom. The molecule has 0 unspecified atom stereocenters. The third-order valence-corrected chi connectivity index (χ3v) is 4.38. The van der Waals surface area contributed by atoms with Crippen molar-refractivity contribution < 1.29 is 4.79 Å². The van der Waals surface area contributed by atoms with Crippen LogP contribution in [0.2, 0.25) is 5.02 Å². The van der Waals surface area contributed by atoms with Crippen molar-refractivity contribution in [2.45, 2.75) is 20.0 Å². The van der Waals surface area contributed by atoms with Crippen molar-refractivity contribution in [2.75, 3.05) is 6.54 Å². The van der Waals surface area contributed by atoms with E-state index in [1.54, 1.807) is 18.2 Å². The summed E-state index contributed by atoms with van der Waals surface area (Å²) >= 11 is 5.95. The number of pyridine rings is 1. The Morgan fingerprint density at radius 2 is 1.77 bits per heavy atom. The first kappa shape index (κ1) is 18.2. The average Bonchev–Trinajstić information content (AvgIpc) is 2.66. The number of fused-ring (bicyclic) bond motifs is 1. The Kier molecular flexibility index (Phi) is 5.71. The zero-order valence-corrected chi connectivity index (χ0v) is 15.2. The maximum Gasteiger partial charge on any atom is 0.257 e. The van der Waals surface area contributed by atoms with Gasteiger partial charge in [-0.25, -0.2) is 0 Å². The van der Waals surface area contributed by atoms with Crippen LogP contribution in [0, 0.1) is 0 Å². The number of nitrogens with one attached hydrogen (secondary N) is 3. The molecule has 3 rings (SSSR count). The first-order valence-electron chi connectivity index (χ1n) is 8.46. The summed E-state index contributed by atoms with van der Waals surface area (Å²) in [7, 11) is 0. The third-order valence-electron chi connectivity index (χ3n) is 4.14. The molecule has 0 spiro atoms. The molecule has 1 heterocycles. The lowest BCUT2D eigenvalue weighted by atomic mass is 10.1. The number of amides is 1. The Bertz CT molecular complexity index is 981. The van der Waals surface area contributed by atoms with E-state index in [0.717, 1.165) is 18.7 Å². The van der Waals surface area contributed by atoms with E-state index in [1.165, 1.54) is 11.8 Å². The molecule has 0 saturated carbocycles. The van der Waals surface area contributed by atoms with Crippen LogP contribution in [-0.4, -0.2) is 17.4 Å². The number of rotatable bonds is 6. The molecule has 0 aliphatic heterocycles. The molecule has 2 aromatic carbocycles. The van der Waals surface area contributed by atoms with Crippen LogP contribution in [0.3, 0.4) is 0 Å². The molecule has 0 atom stereocenters. The van der Waals surface area contributed by atoms with E-state index in [0.29, 0.717) is 22.5 Å². The molecule has 0 aliphatic rings. The highest BCUT2D eigenvalue weighted by Crippen LogP contribution is 2.15. The summed E-state index contributed by atoms with van der Waals surface area (Å²) in [6.07, 6.45) is 1.44. The van der Waals surface area contributed by atoms with Gasteiger partial charge in [0.05, 0.1) is 0 Å². The van der Waals surface area contributed by atoms with Gasteiger partial charge in [-0.05, 0) is 35.9 Å². The Morgan fingerprint density at radius 1 is 1.08 bits per heavy atom. The zero-order valence-electron chi connectivity index (χ0n) is 14.4. The lowest BCUT2D eigenvalue weighted by molar-refractivity contribution is 0.0949. The second-order valence-electron chi connectivity index (χ2n) is 6.00. The molecule has 0 fully saturated rings. The minimum absolute atomic E-state index is 0.0727. The Hall–Kier alpha value is -2.63. The number of aromatic amines is 1. The van der Waals surface area contributed by atoms with Crippen molar-refractivity contribution >= 4 is 28.4 Å². The molecular formula is C20H20ClN3O2. The fraction of sp³-hybridized carbons (Fsp3) is 0.200. The quantitative estimate of drug-likeness (QED) is 0.624. The van der Waals surface area contributed by atoms with Gasteiger partial charge in [0.15, 0.2) is 0 Å². The van der Waals surface area contributed by atoms with Gasteiger partial charge in [-0.2, -0.15) is 0 Å². The van der Waals surface area contributed by atoms with Gasteiger partial charge in [0.2, 0.25) is 5.43 Å². The number of halogens is 1. The summed E-state index contributed by atoms with van der Waals surface area (Å²) < 4.78 is 0. The summed E-state index contributed by atoms with van der Waals surface area (Å²) in [6.45, 7) is 4.15. The van der Waals surface area contributed by atoms with Crippen molar-refractivity contribution in [1.82, 2.24) is 15.6 Å². The second kappa shape index (κ2) is 8.17. The molecule has 1 aromatic heterocycles. The fourth-order valence-corrected chi connectivity index (χ4v) is 2.85. The van der Waals surface area contributed by atoms with Crippen LogP contribution in [0.1, 0.15) is 28.4 Å². The Balaban J connectivity index is 1.71. The highest BCUT2D eigenvalue weighted by molar-refractivity contribution is 6.31. The van der Waals surface area contributed by atoms with Crippen LogP contribution >= 0.6 is 11.6 Å². The molecule has 3 aromatic rings. The van der Waals surface area contributed by atoms with Crippen LogP contribution in [0.25, 0.3) is 10.9 Å². The van der Waals surface area contributed by atoms with E-state index in [-0.39, 0.29) is 11.0 Å². The van der Waals surface area contributed by atoms with Crippen LogP contribution < -0.4 is 16.1 Å². The van der Waals surface area contributed by atoms with Crippen LogP contribution in [0.15, 0.2) is 53.5 Å². The summed E-state index contributed by atoms with van der Waals surface area (Å²) in [5.41, 5.74) is 2.54. The summed E-state index contributed by atoms with van der Waals surface area (Å²) in [4.78, 5) is 27.9. The van der Waals surface area contributed by atoms with E-state index in [1.807, 2.05) is 24.3 Å². The number of carbonyl (C=O) groups excluding carboxylic acids is 1. The van der Waals surface area contributed by atoms with Crippen molar-refractivity contribution in [3.8, 4) is 0 Å². The minimum Gasteiger partial charge on any atom is -0.360 e. The topological polar surface area (TPSA) is 74.0 Å². The SMILES string of the molecule is CCNCc1ccc(CNC(=O)c2c[nH]c3ccc(Cl)cc3c2=O)cc1. The predicted molar refractivity (Wildman–Crippen MR) is 105 cm³/mol. The number of hydrogen-bond donors (Lipinski definition) is 3. The van der Waals surface area contributed by atoms with Crippen LogP contribution in [0.4, 0.5) is 0 Å². The summed E-state index contributed by atoms with van der Waals surface area (Å²) in [5.74, 6) is -0.412. The van der Waals surface area contributed by atoms with Gasteiger partial charge in [-0.15, -0.1) is 0 Å². The molecule has 1 amide bonds. The maximum absolute atomic E-state index is 12.5. The van der Waals surface area contributed by atoms with Gasteiger partial charge in [-0.3, -0.25) is 9.59 Å². The van der Waals surface area contributed by atoms with Gasteiger partial charge >= 0.3 is 0 Å². The number of carbonyl (C=O) groups is 1. The van der Waals surface area contributed by atoms with Gasteiger partial charge in [0.1, 0.15) is 5.56 Å². The number of aromatic nitrogens is 1. The highest BCUT2D eigenvalue weighted by atomic mass is 35.5. The van der Waals surface area contributed by atoms with Gasteiger partial charge < -0.3 is 15.6 Å². The molecule has 134 valence electrons. The third kappa shape index (κ3) is 4.12. The maximum atomic E-state index is 12.5. The molecule has 5 nitrogen and oxygen atoms in total. The molecule has 3 N–H and O–H groups in total. The number of benzene rings is 2. The Labute approximate surface area is 156 Å². The van der Waals surface area contributed by atoms with E-state index in [2.05, 4.69) is 22.5 Å². The lowest BCUT2D eigenvalue weighted by Gasteiger charge is -2.08. The van der Waals surface area contributed by atoms with Crippen LogP contribution in [0.5, 0.6) is 0 Å². The molecular weight excluding hydrogens is 350 g/mol. The largest absolute Gasteiger partial charge is 0.360 e. The number of hydrogen-bond acceptors (Lipinski definition) is 3. The highest BCUT2D eigenvalue weighted by Gasteiger charge is 2.13. The second-order valence-corrected chi connectivity index (χ2v) is 6.44. The van der Waals surface area contributed by atoms with Gasteiger partial charge in [0, 0.05) is 35.2 Å². The molecule has 6 heteroatoms. The van der Waals surface area contributed by atoms with Gasteiger partial charge in [0.25, 0.3) is 5.91 Å². The number of H-pyrrole nitrogens is 1. The molecule has 0 aliphatic carbocycles. The molecule has 0 radical (unpaired) electrons. The average molecular weight is 370 g/mol. The van der Waals surface area contributed by atoms with Crippen LogP contribution in [-0.2, 0) is 13.1 Å². The predicted octanol–water partition coefficient (Wildman–Crippen LogP) is 3.22. The molecule has 0 saturated heterocycles. The van der Waals surface area contributed by atoms with Crippen molar-refractivity contribution in [2.24, 2.45) is 0 Å². The van der Waals surface area contributed by atoms with Gasteiger partial charge in [-0.1, -0.05) is 42.8 Å². The molecule has 26 heavy (non-hydrogen) atoms. The van der Waals surface area contributed by atoms with E-state index in [9.17, 15) is 9.59 Å². The monoisotopic (exact) mass is 369 g/mol. The van der Waals surface area contributed by atoms with Crippen molar-refractivity contribution in [3.05, 3.63) is 80.6 Å².